The first-order valence-corrected chi connectivity index (χ1v) is 10.8. The van der Waals surface area contributed by atoms with Gasteiger partial charge in [0.05, 0.1) is 23.7 Å². The van der Waals surface area contributed by atoms with Gasteiger partial charge in [0.25, 0.3) is 0 Å². The van der Waals surface area contributed by atoms with Crippen molar-refractivity contribution in [1.29, 1.82) is 0 Å². The second-order valence-corrected chi connectivity index (χ2v) is 9.37. The normalized spacial score (nSPS) is 26.3. The lowest BCUT2D eigenvalue weighted by molar-refractivity contribution is 0.352. The second kappa shape index (κ2) is 6.32. The molecule has 138 valence electrons. The van der Waals surface area contributed by atoms with Gasteiger partial charge < -0.3 is 4.90 Å². The highest BCUT2D eigenvalue weighted by Gasteiger charge is 2.50. The number of nitrogens with zero attached hydrogens (tertiary/aromatic N) is 4. The Labute approximate surface area is 154 Å². The van der Waals surface area contributed by atoms with Crippen LogP contribution in [0.4, 0.5) is 5.82 Å². The molecule has 0 bridgehead atoms. The molecule has 1 aromatic heterocycles. The Morgan fingerprint density at radius 1 is 1.08 bits per heavy atom. The fourth-order valence-electron chi connectivity index (χ4n) is 4.41. The lowest BCUT2D eigenvalue weighted by Crippen LogP contribution is -2.35. The first-order valence-electron chi connectivity index (χ1n) is 8.91. The van der Waals surface area contributed by atoms with Gasteiger partial charge in [-0.1, -0.05) is 30.3 Å². The van der Waals surface area contributed by atoms with E-state index in [1.807, 2.05) is 44.2 Å². The summed E-state index contributed by atoms with van der Waals surface area (Å²) in [5, 5.41) is 0. The summed E-state index contributed by atoms with van der Waals surface area (Å²) < 4.78 is 26.5. The van der Waals surface area contributed by atoms with Crippen molar-refractivity contribution in [3.8, 4) is 0 Å². The average Bonchev–Trinajstić information content (AvgIpc) is 3.15. The van der Waals surface area contributed by atoms with Gasteiger partial charge >= 0.3 is 0 Å². The van der Waals surface area contributed by atoms with Crippen LogP contribution in [0.15, 0.2) is 36.5 Å². The van der Waals surface area contributed by atoms with E-state index >= 15 is 0 Å². The molecule has 6 nitrogen and oxygen atoms in total. The first kappa shape index (κ1) is 17.4. The molecule has 2 saturated heterocycles. The van der Waals surface area contributed by atoms with Gasteiger partial charge in [0.1, 0.15) is 5.82 Å². The van der Waals surface area contributed by atoms with Crippen molar-refractivity contribution < 1.29 is 8.42 Å². The topological polar surface area (TPSA) is 66.4 Å². The maximum absolute atomic E-state index is 12.4. The lowest BCUT2D eigenvalue weighted by Gasteiger charge is -2.28. The van der Waals surface area contributed by atoms with Crippen LogP contribution in [0.25, 0.3) is 0 Å². The predicted molar refractivity (Wildman–Crippen MR) is 101 cm³/mol. The highest BCUT2D eigenvalue weighted by Crippen LogP contribution is 2.46. The highest BCUT2D eigenvalue weighted by molar-refractivity contribution is 7.88. The summed E-state index contributed by atoms with van der Waals surface area (Å²) in [5.74, 6) is 1.49. The van der Waals surface area contributed by atoms with Crippen molar-refractivity contribution in [3.63, 3.8) is 0 Å². The summed E-state index contributed by atoms with van der Waals surface area (Å²) in [6, 6.07) is 9.88. The Morgan fingerprint density at radius 3 is 2.50 bits per heavy atom. The minimum Gasteiger partial charge on any atom is -0.354 e. The largest absolute Gasteiger partial charge is 0.354 e. The number of fused-ring (bicyclic) bond motifs is 1. The number of aryl methyl sites for hydroxylation is 2. The van der Waals surface area contributed by atoms with Gasteiger partial charge in [0.2, 0.25) is 10.0 Å². The summed E-state index contributed by atoms with van der Waals surface area (Å²) in [6.07, 6.45) is 3.10. The molecule has 3 atom stereocenters. The average molecular weight is 372 g/mol. The van der Waals surface area contributed by atoms with Crippen LogP contribution in [-0.4, -0.2) is 48.6 Å². The quantitative estimate of drug-likeness (QED) is 0.826. The smallest absolute Gasteiger partial charge is 0.211 e. The monoisotopic (exact) mass is 372 g/mol. The molecule has 2 aliphatic heterocycles. The first-order chi connectivity index (χ1) is 12.3. The zero-order valence-corrected chi connectivity index (χ0v) is 16.1. The van der Waals surface area contributed by atoms with E-state index in [2.05, 4.69) is 14.9 Å². The molecule has 0 spiro atoms. The Morgan fingerprint density at radius 2 is 1.81 bits per heavy atom. The van der Waals surface area contributed by atoms with Crippen LogP contribution in [-0.2, 0) is 10.0 Å². The van der Waals surface area contributed by atoms with Crippen molar-refractivity contribution in [2.24, 2.45) is 11.8 Å². The second-order valence-electron chi connectivity index (χ2n) is 7.44. The molecule has 2 fully saturated rings. The maximum atomic E-state index is 12.4. The molecule has 0 saturated carbocycles. The highest BCUT2D eigenvalue weighted by atomic mass is 32.2. The summed E-state index contributed by atoms with van der Waals surface area (Å²) in [7, 11) is -3.25. The molecule has 0 unspecified atom stereocenters. The van der Waals surface area contributed by atoms with Crippen LogP contribution < -0.4 is 4.90 Å². The van der Waals surface area contributed by atoms with Crippen LogP contribution in [0.1, 0.15) is 23.0 Å². The van der Waals surface area contributed by atoms with Crippen LogP contribution in [0.5, 0.6) is 0 Å². The fraction of sp³-hybridized carbons (Fsp3) is 0.474. The van der Waals surface area contributed by atoms with Crippen LogP contribution in [0.2, 0.25) is 0 Å². The van der Waals surface area contributed by atoms with Gasteiger partial charge in [-0.15, -0.1) is 0 Å². The Balaban J connectivity index is 1.68. The van der Waals surface area contributed by atoms with Gasteiger partial charge in [-0.25, -0.2) is 13.4 Å². The minimum atomic E-state index is -3.25. The van der Waals surface area contributed by atoms with E-state index in [1.54, 1.807) is 10.5 Å². The van der Waals surface area contributed by atoms with Crippen LogP contribution in [0, 0.1) is 25.7 Å². The summed E-state index contributed by atoms with van der Waals surface area (Å²) in [6.45, 7) is 6.12. The molecular weight excluding hydrogens is 348 g/mol. The summed E-state index contributed by atoms with van der Waals surface area (Å²) in [4.78, 5) is 11.4. The third-order valence-electron chi connectivity index (χ3n) is 5.54. The zero-order chi connectivity index (χ0) is 18.5. The van der Waals surface area contributed by atoms with Crippen LogP contribution >= 0.6 is 0 Å². The molecule has 0 radical (unpaired) electrons. The number of hydrogen-bond acceptors (Lipinski definition) is 5. The van der Waals surface area contributed by atoms with Crippen molar-refractivity contribution in [2.45, 2.75) is 19.9 Å². The van der Waals surface area contributed by atoms with E-state index < -0.39 is 10.0 Å². The van der Waals surface area contributed by atoms with E-state index in [4.69, 9.17) is 0 Å². The van der Waals surface area contributed by atoms with Crippen molar-refractivity contribution >= 4 is 15.8 Å². The van der Waals surface area contributed by atoms with Crippen molar-refractivity contribution in [2.75, 3.05) is 30.8 Å². The number of rotatable bonds is 3. The van der Waals surface area contributed by atoms with E-state index in [0.717, 1.165) is 35.9 Å². The molecule has 1 aromatic carbocycles. The van der Waals surface area contributed by atoms with E-state index in [1.165, 1.54) is 6.26 Å². The number of benzene rings is 1. The molecule has 0 N–H and O–H groups in total. The molecule has 0 amide bonds. The van der Waals surface area contributed by atoms with Gasteiger partial charge in [-0.3, -0.25) is 4.98 Å². The lowest BCUT2D eigenvalue weighted by atomic mass is 9.90. The molecule has 26 heavy (non-hydrogen) atoms. The van der Waals surface area contributed by atoms with E-state index in [9.17, 15) is 8.42 Å². The Hall–Kier alpha value is -1.99. The van der Waals surface area contributed by atoms with Gasteiger partial charge in [-0.2, -0.15) is 4.31 Å². The molecule has 2 aliphatic rings. The molecule has 0 aliphatic carbocycles. The Bertz CT molecular complexity index is 916. The molecule has 3 heterocycles. The fourth-order valence-corrected chi connectivity index (χ4v) is 5.56. The molecule has 7 heteroatoms. The van der Waals surface area contributed by atoms with Gasteiger partial charge in [0, 0.05) is 31.7 Å². The minimum absolute atomic E-state index is 0.112. The van der Waals surface area contributed by atoms with Gasteiger partial charge in [0.15, 0.2) is 0 Å². The van der Waals surface area contributed by atoms with Crippen LogP contribution in [0.3, 0.4) is 0 Å². The standard InChI is InChI=1S/C19H24N4O2S/c1-13-9-20-14(2)19(21-13)22-10-16-11-23(26(3,24)25)18(17(16)12-22)15-7-5-4-6-8-15/h4-9,16-18H,10-12H2,1-3H3/t16-,17-,18+/m1/s1. The summed E-state index contributed by atoms with van der Waals surface area (Å²) in [5.41, 5.74) is 2.89. The predicted octanol–water partition coefficient (Wildman–Crippen LogP) is 2.16. The third-order valence-corrected chi connectivity index (χ3v) is 6.77. The van der Waals surface area contributed by atoms with E-state index in [-0.39, 0.29) is 12.0 Å². The summed E-state index contributed by atoms with van der Waals surface area (Å²) >= 11 is 0. The SMILES string of the molecule is Cc1cnc(C)c(N2C[C@@H]3CN(S(C)(=O)=O)[C@@H](c4ccccc4)[C@@H]3C2)n1. The molecule has 4 rings (SSSR count). The molecular formula is C19H24N4O2S. The van der Waals surface area contributed by atoms with Crippen molar-refractivity contribution in [1.82, 2.24) is 14.3 Å². The third kappa shape index (κ3) is 2.99. The molecule has 2 aromatic rings. The van der Waals surface area contributed by atoms with Crippen molar-refractivity contribution in [3.05, 3.63) is 53.5 Å². The zero-order valence-electron chi connectivity index (χ0n) is 15.3. The van der Waals surface area contributed by atoms with Gasteiger partial charge in [-0.05, 0) is 25.3 Å². The number of aromatic nitrogens is 2. The number of hydrogen-bond donors (Lipinski definition) is 0. The number of anilines is 1. The maximum Gasteiger partial charge on any atom is 0.211 e. The Kier molecular flexibility index (Phi) is 4.23. The van der Waals surface area contributed by atoms with E-state index in [0.29, 0.717) is 12.5 Å². The number of sulfonamides is 1.